The highest BCUT2D eigenvalue weighted by Gasteiger charge is 2.33. The van der Waals surface area contributed by atoms with E-state index in [1.54, 1.807) is 6.16 Å². The molecule has 22 heavy (non-hydrogen) atoms. The number of hydrogen-bond acceptors (Lipinski definition) is 0. The van der Waals surface area contributed by atoms with Crippen LogP contribution in [0.3, 0.4) is 0 Å². The molecule has 0 spiro atoms. The van der Waals surface area contributed by atoms with Crippen LogP contribution in [-0.2, 0) is 0 Å². The molecule has 0 saturated heterocycles. The fourth-order valence-electron chi connectivity index (χ4n) is 3.45. The third-order valence-corrected chi connectivity index (χ3v) is 9.80. The molecule has 0 N–H and O–H groups in total. The lowest BCUT2D eigenvalue weighted by Crippen LogP contribution is -2.11. The van der Waals surface area contributed by atoms with E-state index in [0.717, 1.165) is 0 Å². The van der Waals surface area contributed by atoms with Gasteiger partial charge in [-0.05, 0) is 25.7 Å². The molecular formula is C21H44P+. The summed E-state index contributed by atoms with van der Waals surface area (Å²) in [5.74, 6) is 0. The van der Waals surface area contributed by atoms with Crippen LogP contribution in [0.2, 0.25) is 0 Å². The Balaban J connectivity index is 4.06. The monoisotopic (exact) mass is 327 g/mol. The van der Waals surface area contributed by atoms with E-state index in [1.165, 1.54) is 95.5 Å². The predicted octanol–water partition coefficient (Wildman–Crippen LogP) is 7.93. The molecule has 0 atom stereocenters. The normalized spacial score (nSPS) is 11.8. The maximum Gasteiger partial charge on any atom is 0.0771 e. The summed E-state index contributed by atoms with van der Waals surface area (Å²) in [5, 5.41) is 0. The minimum atomic E-state index is -0.713. The maximum absolute atomic E-state index is 4.08. The topological polar surface area (TPSA) is 0 Å². The molecule has 1 heteroatoms. The van der Waals surface area contributed by atoms with Gasteiger partial charge in [0, 0.05) is 7.26 Å². The predicted molar refractivity (Wildman–Crippen MR) is 109 cm³/mol. The molecule has 0 amide bonds. The zero-order valence-electron chi connectivity index (χ0n) is 16.0. The summed E-state index contributed by atoms with van der Waals surface area (Å²) in [6.07, 6.45) is 25.5. The smallest absolute Gasteiger partial charge is 0.0771 e. The molecule has 0 saturated carbocycles. The van der Waals surface area contributed by atoms with Crippen molar-refractivity contribution in [2.45, 2.75) is 97.8 Å². The SMILES string of the molecule is C=CC[P+](CCCC)(CCCC)CCCCCCCCCC. The van der Waals surface area contributed by atoms with Crippen LogP contribution in [0, 0.1) is 0 Å². The molecule has 0 aromatic rings. The Bertz CT molecular complexity index is 226. The van der Waals surface area contributed by atoms with E-state index >= 15 is 0 Å². The van der Waals surface area contributed by atoms with Crippen LogP contribution in [0.25, 0.3) is 0 Å². The molecule has 0 radical (unpaired) electrons. The third-order valence-electron chi connectivity index (χ3n) is 4.97. The fraction of sp³-hybridized carbons (Fsp3) is 0.905. The highest BCUT2D eigenvalue weighted by molar-refractivity contribution is 7.76. The van der Waals surface area contributed by atoms with Crippen molar-refractivity contribution in [3.8, 4) is 0 Å². The molecular weight excluding hydrogens is 283 g/mol. The lowest BCUT2D eigenvalue weighted by atomic mass is 10.1. The van der Waals surface area contributed by atoms with E-state index < -0.39 is 7.26 Å². The average Bonchev–Trinajstić information content (AvgIpc) is 2.53. The van der Waals surface area contributed by atoms with Crippen LogP contribution in [0.4, 0.5) is 0 Å². The van der Waals surface area contributed by atoms with Gasteiger partial charge >= 0.3 is 0 Å². The van der Waals surface area contributed by atoms with Gasteiger partial charge < -0.3 is 0 Å². The van der Waals surface area contributed by atoms with Crippen LogP contribution in [0.15, 0.2) is 12.7 Å². The van der Waals surface area contributed by atoms with Crippen molar-refractivity contribution in [3.05, 3.63) is 12.7 Å². The lowest BCUT2D eigenvalue weighted by molar-refractivity contribution is 0.585. The zero-order valence-corrected chi connectivity index (χ0v) is 16.9. The molecule has 0 fully saturated rings. The third kappa shape index (κ3) is 11.7. The molecule has 132 valence electrons. The van der Waals surface area contributed by atoms with Crippen molar-refractivity contribution in [3.63, 3.8) is 0 Å². The Kier molecular flexibility index (Phi) is 16.2. The lowest BCUT2D eigenvalue weighted by Gasteiger charge is -2.27. The quantitative estimate of drug-likeness (QED) is 0.144. The summed E-state index contributed by atoms with van der Waals surface area (Å²) in [7, 11) is -0.713. The van der Waals surface area contributed by atoms with Gasteiger partial charge in [0.15, 0.2) is 0 Å². The van der Waals surface area contributed by atoms with Crippen molar-refractivity contribution in [1.82, 2.24) is 0 Å². The van der Waals surface area contributed by atoms with Crippen LogP contribution in [0.5, 0.6) is 0 Å². The molecule has 0 aromatic heterocycles. The van der Waals surface area contributed by atoms with Gasteiger partial charge in [-0.3, -0.25) is 0 Å². The molecule has 0 aliphatic heterocycles. The Morgan fingerprint density at radius 2 is 1.00 bits per heavy atom. The van der Waals surface area contributed by atoms with Gasteiger partial charge in [0.05, 0.1) is 24.6 Å². The summed E-state index contributed by atoms with van der Waals surface area (Å²) in [6.45, 7) is 11.1. The van der Waals surface area contributed by atoms with Gasteiger partial charge in [0.2, 0.25) is 0 Å². The number of rotatable bonds is 17. The average molecular weight is 328 g/mol. The van der Waals surface area contributed by atoms with Crippen LogP contribution in [-0.4, -0.2) is 24.6 Å². The second-order valence-electron chi connectivity index (χ2n) is 7.17. The van der Waals surface area contributed by atoms with E-state index in [0.29, 0.717) is 0 Å². The van der Waals surface area contributed by atoms with Crippen LogP contribution in [0.1, 0.15) is 97.8 Å². The summed E-state index contributed by atoms with van der Waals surface area (Å²) in [6, 6.07) is 0. The standard InChI is InChI=1S/C21H44P/c1-5-9-12-13-14-15-16-17-21-22(18-8-4,19-10-6-2)20-11-7-3/h8H,4-7,9-21H2,1-3H3/q+1. The highest BCUT2D eigenvalue weighted by Crippen LogP contribution is 2.60. The van der Waals surface area contributed by atoms with E-state index in [2.05, 4.69) is 33.4 Å². The van der Waals surface area contributed by atoms with E-state index in [-0.39, 0.29) is 0 Å². The molecule has 0 unspecified atom stereocenters. The molecule has 0 aliphatic carbocycles. The molecule has 0 aliphatic rings. The first-order valence-electron chi connectivity index (χ1n) is 10.2. The van der Waals surface area contributed by atoms with Crippen molar-refractivity contribution < 1.29 is 0 Å². The summed E-state index contributed by atoms with van der Waals surface area (Å²) >= 11 is 0. The zero-order chi connectivity index (χ0) is 16.5. The van der Waals surface area contributed by atoms with Gasteiger partial charge in [0.25, 0.3) is 0 Å². The fourth-order valence-corrected chi connectivity index (χ4v) is 8.09. The van der Waals surface area contributed by atoms with Gasteiger partial charge in [-0.25, -0.2) is 0 Å². The molecule has 0 rings (SSSR count). The summed E-state index contributed by atoms with van der Waals surface area (Å²) in [4.78, 5) is 0. The van der Waals surface area contributed by atoms with Gasteiger partial charge in [-0.1, -0.05) is 84.8 Å². The molecule has 0 aromatic carbocycles. The van der Waals surface area contributed by atoms with Crippen molar-refractivity contribution in [1.29, 1.82) is 0 Å². The second kappa shape index (κ2) is 16.0. The highest BCUT2D eigenvalue weighted by atomic mass is 31.2. The first-order valence-corrected chi connectivity index (χ1v) is 12.7. The minimum Gasteiger partial charge on any atom is -0.0995 e. The molecule has 0 bridgehead atoms. The van der Waals surface area contributed by atoms with Gasteiger partial charge in [-0.2, -0.15) is 0 Å². The van der Waals surface area contributed by atoms with Crippen molar-refractivity contribution in [2.75, 3.05) is 24.6 Å². The largest absolute Gasteiger partial charge is 0.0995 e. The Hall–Kier alpha value is 0.170. The first-order chi connectivity index (χ1) is 10.7. The Morgan fingerprint density at radius 1 is 0.591 bits per heavy atom. The first kappa shape index (κ1) is 22.2. The number of allylic oxidation sites excluding steroid dienone is 1. The van der Waals surface area contributed by atoms with Crippen molar-refractivity contribution in [2.24, 2.45) is 0 Å². The van der Waals surface area contributed by atoms with Crippen molar-refractivity contribution >= 4 is 7.26 Å². The van der Waals surface area contributed by atoms with E-state index in [9.17, 15) is 0 Å². The minimum absolute atomic E-state index is 0.713. The summed E-state index contributed by atoms with van der Waals surface area (Å²) < 4.78 is 0. The second-order valence-corrected chi connectivity index (χ2v) is 11.6. The van der Waals surface area contributed by atoms with Crippen LogP contribution < -0.4 is 0 Å². The van der Waals surface area contributed by atoms with Gasteiger partial charge in [-0.15, -0.1) is 0 Å². The van der Waals surface area contributed by atoms with Crippen LogP contribution >= 0.6 is 7.26 Å². The molecule has 0 nitrogen and oxygen atoms in total. The number of unbranched alkanes of at least 4 members (excludes halogenated alkanes) is 9. The maximum atomic E-state index is 4.08. The van der Waals surface area contributed by atoms with E-state index in [1.807, 2.05) is 0 Å². The Morgan fingerprint density at radius 3 is 1.45 bits per heavy atom. The van der Waals surface area contributed by atoms with Gasteiger partial charge in [0.1, 0.15) is 0 Å². The van der Waals surface area contributed by atoms with E-state index in [4.69, 9.17) is 0 Å². The summed E-state index contributed by atoms with van der Waals surface area (Å²) in [5.41, 5.74) is 0. The number of hydrogen-bond donors (Lipinski definition) is 0. The molecule has 0 heterocycles. The Labute approximate surface area is 142 Å².